The van der Waals surface area contributed by atoms with Crippen molar-refractivity contribution >= 4 is 23.0 Å². The Balaban J connectivity index is 2.02. The molecule has 0 unspecified atom stereocenters. The molecule has 0 saturated carbocycles. The van der Waals surface area contributed by atoms with Gasteiger partial charge >= 0.3 is 0 Å². The Morgan fingerprint density at radius 1 is 1.25 bits per heavy atom. The lowest BCUT2D eigenvalue weighted by molar-refractivity contribution is -0.383. The molecule has 0 aromatic heterocycles. The van der Waals surface area contributed by atoms with E-state index in [1.54, 1.807) is 12.1 Å². The second kappa shape index (κ2) is 6.39. The first-order chi connectivity index (χ1) is 9.56. The maximum atomic E-state index is 11.0. The highest BCUT2D eigenvalue weighted by Gasteiger charge is 2.13. The summed E-state index contributed by atoms with van der Waals surface area (Å²) in [6, 6.07) is 12.8. The van der Waals surface area contributed by atoms with Gasteiger partial charge < -0.3 is 5.32 Å². The van der Waals surface area contributed by atoms with Gasteiger partial charge in [0, 0.05) is 17.6 Å². The molecule has 0 amide bonds. The van der Waals surface area contributed by atoms with Gasteiger partial charge in [0.15, 0.2) is 0 Å². The summed E-state index contributed by atoms with van der Waals surface area (Å²) in [6.45, 7) is 2.67. The first-order valence-electron chi connectivity index (χ1n) is 6.29. The zero-order valence-corrected chi connectivity index (χ0v) is 11.9. The van der Waals surface area contributed by atoms with Crippen LogP contribution < -0.4 is 5.32 Å². The summed E-state index contributed by atoms with van der Waals surface area (Å²) in [7, 11) is 0. The van der Waals surface area contributed by atoms with Crippen molar-refractivity contribution in [3.63, 3.8) is 0 Å². The predicted molar refractivity (Wildman–Crippen MR) is 81.5 cm³/mol. The van der Waals surface area contributed by atoms with Gasteiger partial charge in [-0.25, -0.2) is 0 Å². The molecule has 0 aliphatic heterocycles. The molecule has 4 nitrogen and oxygen atoms in total. The van der Waals surface area contributed by atoms with E-state index >= 15 is 0 Å². The van der Waals surface area contributed by atoms with Crippen molar-refractivity contribution < 1.29 is 4.92 Å². The molecule has 0 heterocycles. The first-order valence-corrected chi connectivity index (χ1v) is 6.67. The Bertz CT molecular complexity index is 629. The molecule has 0 saturated heterocycles. The number of hydrogen-bond donors (Lipinski definition) is 1. The van der Waals surface area contributed by atoms with Crippen molar-refractivity contribution in [3.05, 3.63) is 68.7 Å². The number of halogens is 1. The van der Waals surface area contributed by atoms with Crippen molar-refractivity contribution in [1.29, 1.82) is 0 Å². The highest BCUT2D eigenvalue weighted by atomic mass is 35.5. The van der Waals surface area contributed by atoms with E-state index in [0.717, 1.165) is 6.42 Å². The first kappa shape index (κ1) is 14.3. The van der Waals surface area contributed by atoms with Crippen LogP contribution in [0.3, 0.4) is 0 Å². The van der Waals surface area contributed by atoms with Crippen molar-refractivity contribution in [1.82, 2.24) is 0 Å². The lowest BCUT2D eigenvalue weighted by atomic mass is 10.1. The molecule has 0 fully saturated rings. The minimum Gasteiger partial charge on any atom is -0.379 e. The molecule has 20 heavy (non-hydrogen) atoms. The van der Waals surface area contributed by atoms with Gasteiger partial charge in [-0.3, -0.25) is 10.1 Å². The minimum absolute atomic E-state index is 0.00161. The van der Waals surface area contributed by atoms with Gasteiger partial charge in [-0.1, -0.05) is 41.4 Å². The van der Waals surface area contributed by atoms with E-state index in [1.165, 1.54) is 17.2 Å². The fourth-order valence-electron chi connectivity index (χ4n) is 2.01. The van der Waals surface area contributed by atoms with Crippen LogP contribution in [0.1, 0.15) is 11.1 Å². The van der Waals surface area contributed by atoms with Gasteiger partial charge in [0.05, 0.1) is 4.92 Å². The third-order valence-corrected chi connectivity index (χ3v) is 3.20. The molecule has 2 aromatic carbocycles. The monoisotopic (exact) mass is 290 g/mol. The Morgan fingerprint density at radius 3 is 2.75 bits per heavy atom. The standard InChI is InChI=1S/C15H15ClN2O2/c1-11-3-2-4-12(9-11)7-8-17-14-6-5-13(16)10-15(14)18(19)20/h2-6,9-10,17H,7-8H2,1H3. The van der Waals surface area contributed by atoms with Crippen LogP contribution in [-0.4, -0.2) is 11.5 Å². The van der Waals surface area contributed by atoms with Gasteiger partial charge in [-0.2, -0.15) is 0 Å². The summed E-state index contributed by atoms with van der Waals surface area (Å²) >= 11 is 5.78. The van der Waals surface area contributed by atoms with Gasteiger partial charge in [-0.05, 0) is 31.0 Å². The average molecular weight is 291 g/mol. The van der Waals surface area contributed by atoms with Crippen molar-refractivity contribution in [2.75, 3.05) is 11.9 Å². The quantitative estimate of drug-likeness (QED) is 0.663. The smallest absolute Gasteiger partial charge is 0.293 e. The number of anilines is 1. The molecule has 104 valence electrons. The van der Waals surface area contributed by atoms with Crippen LogP contribution in [0, 0.1) is 17.0 Å². The summed E-state index contributed by atoms with van der Waals surface area (Å²) in [4.78, 5) is 10.5. The zero-order chi connectivity index (χ0) is 14.5. The van der Waals surface area contributed by atoms with Gasteiger partial charge in [0.1, 0.15) is 5.69 Å². The number of nitrogens with one attached hydrogen (secondary N) is 1. The molecular weight excluding hydrogens is 276 g/mol. The molecule has 2 rings (SSSR count). The zero-order valence-electron chi connectivity index (χ0n) is 11.1. The minimum atomic E-state index is -0.430. The van der Waals surface area contributed by atoms with E-state index in [2.05, 4.69) is 11.4 Å². The van der Waals surface area contributed by atoms with Crippen LogP contribution in [0.25, 0.3) is 0 Å². The van der Waals surface area contributed by atoms with Crippen LogP contribution >= 0.6 is 11.6 Å². The topological polar surface area (TPSA) is 55.2 Å². The van der Waals surface area contributed by atoms with Gasteiger partial charge in [0.2, 0.25) is 0 Å². The summed E-state index contributed by atoms with van der Waals surface area (Å²) in [5.74, 6) is 0. The average Bonchev–Trinajstić information content (AvgIpc) is 2.40. The fraction of sp³-hybridized carbons (Fsp3) is 0.200. The third-order valence-electron chi connectivity index (χ3n) is 2.97. The molecule has 2 aromatic rings. The number of hydrogen-bond acceptors (Lipinski definition) is 3. The van der Waals surface area contributed by atoms with Crippen molar-refractivity contribution in [2.24, 2.45) is 0 Å². The summed E-state index contributed by atoms with van der Waals surface area (Å²) in [6.07, 6.45) is 0.807. The van der Waals surface area contributed by atoms with E-state index in [0.29, 0.717) is 17.3 Å². The molecule has 0 aliphatic rings. The van der Waals surface area contributed by atoms with Crippen molar-refractivity contribution in [3.8, 4) is 0 Å². The molecule has 0 spiro atoms. The number of nitro benzene ring substituents is 1. The van der Waals surface area contributed by atoms with Gasteiger partial charge in [0.25, 0.3) is 5.69 Å². The second-order valence-corrected chi connectivity index (χ2v) is 5.02. The normalized spacial score (nSPS) is 10.3. The Hall–Kier alpha value is -2.07. The van der Waals surface area contributed by atoms with E-state index < -0.39 is 4.92 Å². The molecule has 0 atom stereocenters. The number of nitro groups is 1. The number of benzene rings is 2. The van der Waals surface area contributed by atoms with Crippen molar-refractivity contribution in [2.45, 2.75) is 13.3 Å². The van der Waals surface area contributed by atoms with Crippen LogP contribution in [0.2, 0.25) is 5.02 Å². The Morgan fingerprint density at radius 2 is 2.05 bits per heavy atom. The molecule has 0 bridgehead atoms. The van der Waals surface area contributed by atoms with E-state index in [1.807, 2.05) is 25.1 Å². The van der Waals surface area contributed by atoms with Crippen LogP contribution in [0.4, 0.5) is 11.4 Å². The maximum absolute atomic E-state index is 11.0. The van der Waals surface area contributed by atoms with Crippen LogP contribution in [0.15, 0.2) is 42.5 Å². The lowest BCUT2D eigenvalue weighted by Crippen LogP contribution is -2.07. The third kappa shape index (κ3) is 3.71. The van der Waals surface area contributed by atoms with E-state index in [9.17, 15) is 10.1 Å². The molecule has 1 N–H and O–H groups in total. The highest BCUT2D eigenvalue weighted by molar-refractivity contribution is 6.30. The van der Waals surface area contributed by atoms with Gasteiger partial charge in [-0.15, -0.1) is 0 Å². The number of nitrogens with zero attached hydrogens (tertiary/aromatic N) is 1. The highest BCUT2D eigenvalue weighted by Crippen LogP contribution is 2.27. The Kier molecular flexibility index (Phi) is 4.58. The molecule has 5 heteroatoms. The second-order valence-electron chi connectivity index (χ2n) is 4.58. The largest absolute Gasteiger partial charge is 0.379 e. The van der Waals surface area contributed by atoms with E-state index in [-0.39, 0.29) is 5.69 Å². The SMILES string of the molecule is Cc1cccc(CCNc2ccc(Cl)cc2[N+](=O)[O-])c1. The molecule has 0 aliphatic carbocycles. The van der Waals surface area contributed by atoms with Crippen LogP contribution in [-0.2, 0) is 6.42 Å². The maximum Gasteiger partial charge on any atom is 0.293 e. The predicted octanol–water partition coefficient (Wildman–Crippen LogP) is 4.21. The molecular formula is C15H15ClN2O2. The molecule has 0 radical (unpaired) electrons. The Labute approximate surface area is 122 Å². The van der Waals surface area contributed by atoms with E-state index in [4.69, 9.17) is 11.6 Å². The summed E-state index contributed by atoms with van der Waals surface area (Å²) < 4.78 is 0. The summed E-state index contributed by atoms with van der Waals surface area (Å²) in [5, 5.41) is 14.4. The summed E-state index contributed by atoms with van der Waals surface area (Å²) in [5.41, 5.74) is 2.91. The number of aryl methyl sites for hydroxylation is 1. The fourth-order valence-corrected chi connectivity index (χ4v) is 2.18. The lowest BCUT2D eigenvalue weighted by Gasteiger charge is -2.08. The van der Waals surface area contributed by atoms with Crippen LogP contribution in [0.5, 0.6) is 0 Å². The number of rotatable bonds is 5.